The Labute approximate surface area is 203 Å². The molecular weight excluding hydrogens is 426 g/mol. The average molecular weight is 468 g/mol. The van der Waals surface area contributed by atoms with Crippen LogP contribution in [-0.2, 0) is 11.8 Å². The minimum absolute atomic E-state index is 0.0252. The van der Waals surface area contributed by atoms with Gasteiger partial charge in [-0.2, -0.15) is 0 Å². The van der Waals surface area contributed by atoms with Crippen molar-refractivity contribution in [3.63, 3.8) is 0 Å². The fourth-order valence-corrected chi connectivity index (χ4v) is 9.40. The van der Waals surface area contributed by atoms with E-state index in [2.05, 4.69) is 31.7 Å². The lowest BCUT2D eigenvalue weighted by atomic mass is 9.42. The Morgan fingerprint density at radius 2 is 1.88 bits per heavy atom. The maximum absolute atomic E-state index is 12.0. The van der Waals surface area contributed by atoms with Crippen LogP contribution in [0.4, 0.5) is 0 Å². The molecule has 8 atom stereocenters. The van der Waals surface area contributed by atoms with Crippen LogP contribution in [0.15, 0.2) is 12.1 Å². The molecule has 2 unspecified atom stereocenters. The second-order valence-corrected chi connectivity index (χ2v) is 13.9. The van der Waals surface area contributed by atoms with Gasteiger partial charge in [-0.1, -0.05) is 26.8 Å². The number of hydrogen-bond acceptors (Lipinski definition) is 5. The summed E-state index contributed by atoms with van der Waals surface area (Å²) in [4.78, 5) is 2.79. The number of phenols is 1. The minimum atomic E-state index is -0.991. The van der Waals surface area contributed by atoms with Crippen molar-refractivity contribution < 1.29 is 20.1 Å². The van der Waals surface area contributed by atoms with Crippen LogP contribution in [0.1, 0.15) is 77.3 Å². The molecule has 8 rings (SSSR count). The maximum atomic E-state index is 12.0. The molecular formula is C29H41NO4. The van der Waals surface area contributed by atoms with Gasteiger partial charge in [-0.15, -0.1) is 0 Å². The largest absolute Gasteiger partial charge is 0.504 e. The molecule has 5 fully saturated rings. The zero-order valence-electron chi connectivity index (χ0n) is 21.2. The third-order valence-electron chi connectivity index (χ3n) is 11.8. The molecule has 5 heteroatoms. The smallest absolute Gasteiger partial charge is 0.165 e. The van der Waals surface area contributed by atoms with Crippen LogP contribution in [-0.4, -0.2) is 57.2 Å². The van der Waals surface area contributed by atoms with E-state index in [-0.39, 0.29) is 39.9 Å². The Kier molecular flexibility index (Phi) is 4.21. The summed E-state index contributed by atoms with van der Waals surface area (Å²) >= 11 is 0. The van der Waals surface area contributed by atoms with Gasteiger partial charge in [0, 0.05) is 40.8 Å². The van der Waals surface area contributed by atoms with Crippen molar-refractivity contribution in [3.8, 4) is 11.5 Å². The van der Waals surface area contributed by atoms with Gasteiger partial charge in [-0.3, -0.25) is 4.90 Å². The van der Waals surface area contributed by atoms with Crippen LogP contribution in [0.5, 0.6) is 11.5 Å². The van der Waals surface area contributed by atoms with E-state index in [4.69, 9.17) is 4.74 Å². The lowest BCUT2D eigenvalue weighted by molar-refractivity contribution is -0.151. The Balaban J connectivity index is 1.46. The van der Waals surface area contributed by atoms with Gasteiger partial charge in [0.15, 0.2) is 11.5 Å². The number of rotatable bonds is 3. The second kappa shape index (κ2) is 6.52. The molecule has 34 heavy (non-hydrogen) atoms. The lowest BCUT2D eigenvalue weighted by Crippen LogP contribution is -2.72. The number of hydrogen-bond donors (Lipinski definition) is 3. The van der Waals surface area contributed by atoms with Crippen molar-refractivity contribution in [2.24, 2.45) is 28.6 Å². The highest BCUT2D eigenvalue weighted by molar-refractivity contribution is 5.62. The normalized spacial score (nSPS) is 44.2. The van der Waals surface area contributed by atoms with Gasteiger partial charge in [0.2, 0.25) is 0 Å². The van der Waals surface area contributed by atoms with Gasteiger partial charge in [-0.25, -0.2) is 0 Å². The van der Waals surface area contributed by atoms with E-state index in [1.54, 1.807) is 0 Å². The van der Waals surface area contributed by atoms with E-state index < -0.39 is 11.7 Å². The first-order chi connectivity index (χ1) is 16.0. The standard InChI is InChI=1S/C29H41NO4/c1-26(2,3)27(4,33)19-14-28-10-9-18(23(19)32)25-29(28)11-12-30(15-16-5-6-16)21(28)13-17-7-8-20(31)24(34-25)22(17)29/h7-8,16,18-19,21,23,25,31-33H,5-6,9-15H2,1-4H3/t18?,19-,21+,23-,25-,27-,28?,29-/m0/s1. The number of aliphatic hydroxyl groups is 2. The van der Waals surface area contributed by atoms with E-state index in [9.17, 15) is 15.3 Å². The van der Waals surface area contributed by atoms with Crippen molar-refractivity contribution in [3.05, 3.63) is 23.3 Å². The number of aliphatic hydroxyl groups excluding tert-OH is 1. The van der Waals surface area contributed by atoms with Crippen LogP contribution in [0.2, 0.25) is 0 Å². The van der Waals surface area contributed by atoms with Gasteiger partial charge in [-0.05, 0) is 81.4 Å². The third kappa shape index (κ3) is 2.42. The molecule has 3 N–H and O–H groups in total. The zero-order valence-corrected chi connectivity index (χ0v) is 21.2. The highest BCUT2D eigenvalue weighted by Gasteiger charge is 2.76. The molecule has 1 aromatic rings. The minimum Gasteiger partial charge on any atom is -0.504 e. The van der Waals surface area contributed by atoms with Crippen molar-refractivity contribution in [2.45, 2.75) is 102 Å². The van der Waals surface area contributed by atoms with Gasteiger partial charge in [0.1, 0.15) is 6.10 Å². The molecule has 5 aliphatic carbocycles. The Morgan fingerprint density at radius 3 is 2.59 bits per heavy atom. The van der Waals surface area contributed by atoms with Crippen molar-refractivity contribution in [1.29, 1.82) is 0 Å². The molecule has 4 saturated carbocycles. The van der Waals surface area contributed by atoms with Gasteiger partial charge in [0.05, 0.1) is 11.7 Å². The van der Waals surface area contributed by atoms with E-state index in [1.807, 2.05) is 13.0 Å². The van der Waals surface area contributed by atoms with E-state index >= 15 is 0 Å². The average Bonchev–Trinajstić information content (AvgIpc) is 3.54. The third-order valence-corrected chi connectivity index (χ3v) is 11.8. The molecule has 7 aliphatic rings. The number of benzene rings is 1. The summed E-state index contributed by atoms with van der Waals surface area (Å²) in [6.45, 7) is 10.5. The first kappa shape index (κ1) is 21.9. The Hall–Kier alpha value is -1.30. The summed E-state index contributed by atoms with van der Waals surface area (Å²) < 4.78 is 6.75. The highest BCUT2D eigenvalue weighted by Crippen LogP contribution is 2.74. The SMILES string of the molecule is CC(C)(C)[C@@](C)(O)[C@H]1CC23CCC([C@@H]1O)[C@@H]1Oc4c(O)ccc5c4[C@@]12CCN(CC1CC1)[C@@H]3C5. The number of piperidine rings is 1. The molecule has 0 aromatic heterocycles. The summed E-state index contributed by atoms with van der Waals surface area (Å²) in [5, 5.41) is 34.8. The van der Waals surface area contributed by atoms with Crippen molar-refractivity contribution >= 4 is 0 Å². The zero-order chi connectivity index (χ0) is 23.8. The van der Waals surface area contributed by atoms with Crippen LogP contribution in [0.3, 0.4) is 0 Å². The van der Waals surface area contributed by atoms with Crippen LogP contribution < -0.4 is 4.74 Å². The first-order valence-corrected chi connectivity index (χ1v) is 13.7. The topological polar surface area (TPSA) is 73.2 Å². The van der Waals surface area contributed by atoms with Crippen LogP contribution in [0, 0.1) is 28.6 Å². The summed E-state index contributed by atoms with van der Waals surface area (Å²) in [6, 6.07) is 4.36. The monoisotopic (exact) mass is 467 g/mol. The molecule has 0 amide bonds. The molecule has 0 radical (unpaired) electrons. The molecule has 1 saturated heterocycles. The second-order valence-electron chi connectivity index (χ2n) is 13.9. The highest BCUT2D eigenvalue weighted by atomic mass is 16.5. The number of fused-ring (bicyclic) bond motifs is 3. The van der Waals surface area contributed by atoms with E-state index in [0.29, 0.717) is 11.8 Å². The summed E-state index contributed by atoms with van der Waals surface area (Å²) in [7, 11) is 0. The summed E-state index contributed by atoms with van der Waals surface area (Å²) in [6.07, 6.45) is 6.81. The molecule has 2 heterocycles. The molecule has 186 valence electrons. The molecule has 2 spiro atoms. The predicted molar refractivity (Wildman–Crippen MR) is 130 cm³/mol. The Morgan fingerprint density at radius 1 is 1.12 bits per heavy atom. The quantitative estimate of drug-likeness (QED) is 0.627. The fraction of sp³-hybridized carbons (Fsp3) is 0.793. The fourth-order valence-electron chi connectivity index (χ4n) is 9.40. The van der Waals surface area contributed by atoms with Crippen molar-refractivity contribution in [2.75, 3.05) is 13.1 Å². The van der Waals surface area contributed by atoms with E-state index in [0.717, 1.165) is 44.6 Å². The first-order valence-electron chi connectivity index (χ1n) is 13.7. The molecule has 4 bridgehead atoms. The number of phenolic OH excluding ortho intramolecular Hbond substituents is 1. The predicted octanol–water partition coefficient (Wildman–Crippen LogP) is 4.01. The Bertz CT molecular complexity index is 1040. The number of aromatic hydroxyl groups is 1. The van der Waals surface area contributed by atoms with Crippen molar-refractivity contribution in [1.82, 2.24) is 4.90 Å². The maximum Gasteiger partial charge on any atom is 0.165 e. The lowest BCUT2D eigenvalue weighted by Gasteiger charge is -2.66. The number of likely N-dealkylation sites (tertiary alicyclic amines) is 1. The van der Waals surface area contributed by atoms with Crippen LogP contribution in [0.25, 0.3) is 0 Å². The molecule has 5 nitrogen and oxygen atoms in total. The van der Waals surface area contributed by atoms with Crippen LogP contribution >= 0.6 is 0 Å². The van der Waals surface area contributed by atoms with Gasteiger partial charge >= 0.3 is 0 Å². The summed E-state index contributed by atoms with van der Waals surface area (Å²) in [5.41, 5.74) is 1.04. The number of ether oxygens (including phenoxy) is 1. The van der Waals surface area contributed by atoms with E-state index in [1.165, 1.54) is 30.5 Å². The van der Waals surface area contributed by atoms with Gasteiger partial charge < -0.3 is 20.1 Å². The van der Waals surface area contributed by atoms with Gasteiger partial charge in [0.25, 0.3) is 0 Å². The number of nitrogens with zero attached hydrogens (tertiary/aromatic N) is 1. The molecule has 2 aliphatic heterocycles. The summed E-state index contributed by atoms with van der Waals surface area (Å²) in [5.74, 6) is 1.56. The molecule has 1 aromatic carbocycles.